The van der Waals surface area contributed by atoms with Gasteiger partial charge in [-0.1, -0.05) is 43.9 Å². The number of aromatic nitrogens is 2. The Balaban J connectivity index is 1.80. The monoisotopic (exact) mass is 486 g/mol. The summed E-state index contributed by atoms with van der Waals surface area (Å²) in [7, 11) is 0. The number of hydrogen-bond donors (Lipinski definition) is 0. The van der Waals surface area contributed by atoms with Gasteiger partial charge in [-0.05, 0) is 50.3 Å². The number of fused-ring (bicyclic) bond motifs is 1. The van der Waals surface area contributed by atoms with Crippen molar-refractivity contribution in [3.8, 4) is 0 Å². The Bertz CT molecular complexity index is 1150. The van der Waals surface area contributed by atoms with Gasteiger partial charge in [-0.3, -0.25) is 18.9 Å². The first-order valence-corrected chi connectivity index (χ1v) is 12.8. The topological polar surface area (TPSA) is 67.2 Å². The van der Waals surface area contributed by atoms with Gasteiger partial charge in [0.15, 0.2) is 0 Å². The SMILES string of the molecule is CCCN(CCC)c1nc2c(C)cccn2c(=O)c1C=C1SC(=S)N(CC2CCCO2)C1=O. The molecular weight excluding hydrogens is 456 g/mol. The molecule has 1 atom stereocenters. The van der Waals surface area contributed by atoms with Crippen molar-refractivity contribution in [3.05, 3.63) is 44.7 Å². The van der Waals surface area contributed by atoms with Crippen LogP contribution in [0.2, 0.25) is 0 Å². The smallest absolute Gasteiger partial charge is 0.267 e. The summed E-state index contributed by atoms with van der Waals surface area (Å²) in [5.41, 5.74) is 1.81. The molecule has 7 nitrogen and oxygen atoms in total. The Hall–Kier alpha value is -2.23. The number of thioether (sulfide) groups is 1. The van der Waals surface area contributed by atoms with Crippen LogP contribution in [0.15, 0.2) is 28.0 Å². The number of thiocarbonyl (C=S) groups is 1. The van der Waals surface area contributed by atoms with E-state index in [1.807, 2.05) is 19.1 Å². The first kappa shape index (κ1) is 23.9. The average Bonchev–Trinajstić information content (AvgIpc) is 3.40. The van der Waals surface area contributed by atoms with Crippen molar-refractivity contribution in [2.75, 3.05) is 31.1 Å². The number of pyridine rings is 1. The van der Waals surface area contributed by atoms with Crippen molar-refractivity contribution in [2.24, 2.45) is 0 Å². The molecule has 0 saturated carbocycles. The van der Waals surface area contributed by atoms with Crippen LogP contribution in [0.4, 0.5) is 5.82 Å². The minimum atomic E-state index is -0.180. The van der Waals surface area contributed by atoms with E-state index in [0.717, 1.165) is 50.9 Å². The molecule has 2 aliphatic heterocycles. The van der Waals surface area contributed by atoms with Crippen LogP contribution in [0.1, 0.15) is 50.7 Å². The largest absolute Gasteiger partial charge is 0.376 e. The summed E-state index contributed by atoms with van der Waals surface area (Å²) in [4.78, 5) is 36.0. The summed E-state index contributed by atoms with van der Waals surface area (Å²) < 4.78 is 7.77. The van der Waals surface area contributed by atoms with Crippen molar-refractivity contribution >= 4 is 51.7 Å². The molecule has 0 bridgehead atoms. The Morgan fingerprint density at radius 3 is 2.73 bits per heavy atom. The Labute approximate surface area is 203 Å². The van der Waals surface area contributed by atoms with Crippen LogP contribution in [-0.4, -0.2) is 56.9 Å². The predicted octanol–water partition coefficient (Wildman–Crippen LogP) is 4.01. The molecule has 0 radical (unpaired) electrons. The molecule has 4 rings (SSSR count). The molecule has 0 N–H and O–H groups in total. The lowest BCUT2D eigenvalue weighted by Gasteiger charge is -2.25. The fraction of sp³-hybridized carbons (Fsp3) is 0.500. The van der Waals surface area contributed by atoms with E-state index in [0.29, 0.717) is 32.8 Å². The van der Waals surface area contributed by atoms with Crippen molar-refractivity contribution in [2.45, 2.75) is 52.6 Å². The lowest BCUT2D eigenvalue weighted by Crippen LogP contribution is -2.35. The lowest BCUT2D eigenvalue weighted by molar-refractivity contribution is -0.123. The molecule has 2 aromatic rings. The first-order chi connectivity index (χ1) is 15.9. The Morgan fingerprint density at radius 2 is 2.06 bits per heavy atom. The summed E-state index contributed by atoms with van der Waals surface area (Å²) in [5.74, 6) is 0.458. The van der Waals surface area contributed by atoms with E-state index in [4.69, 9.17) is 21.9 Å². The zero-order valence-corrected chi connectivity index (χ0v) is 21.0. The normalized spacial score (nSPS) is 19.9. The van der Waals surface area contributed by atoms with Crippen molar-refractivity contribution in [1.82, 2.24) is 14.3 Å². The number of ether oxygens (including phenoxy) is 1. The minimum Gasteiger partial charge on any atom is -0.376 e. The lowest BCUT2D eigenvalue weighted by atomic mass is 10.2. The second-order valence-corrected chi connectivity index (χ2v) is 10.1. The molecule has 2 aliphatic rings. The summed E-state index contributed by atoms with van der Waals surface area (Å²) in [6.45, 7) is 8.91. The molecule has 0 aromatic carbocycles. The summed E-state index contributed by atoms with van der Waals surface area (Å²) in [5, 5.41) is 0. The van der Waals surface area contributed by atoms with E-state index in [9.17, 15) is 9.59 Å². The van der Waals surface area contributed by atoms with Gasteiger partial charge in [0.1, 0.15) is 15.8 Å². The molecule has 33 heavy (non-hydrogen) atoms. The zero-order chi connectivity index (χ0) is 23.5. The maximum Gasteiger partial charge on any atom is 0.267 e. The van der Waals surface area contributed by atoms with Gasteiger partial charge >= 0.3 is 0 Å². The Kier molecular flexibility index (Phi) is 7.51. The number of hydrogen-bond acceptors (Lipinski definition) is 7. The second-order valence-electron chi connectivity index (χ2n) is 8.45. The van der Waals surface area contributed by atoms with Crippen LogP contribution in [0, 0.1) is 6.92 Å². The van der Waals surface area contributed by atoms with E-state index in [1.54, 1.807) is 21.6 Å². The summed E-state index contributed by atoms with van der Waals surface area (Å²) >= 11 is 6.75. The highest BCUT2D eigenvalue weighted by Gasteiger charge is 2.35. The number of amides is 1. The highest BCUT2D eigenvalue weighted by Crippen LogP contribution is 2.34. The van der Waals surface area contributed by atoms with Crippen LogP contribution in [0.25, 0.3) is 11.7 Å². The molecule has 0 spiro atoms. The molecule has 2 fully saturated rings. The zero-order valence-electron chi connectivity index (χ0n) is 19.4. The number of carbonyl (C=O) groups excluding carboxylic acids is 1. The molecule has 176 valence electrons. The summed E-state index contributed by atoms with van der Waals surface area (Å²) in [6, 6.07) is 3.79. The van der Waals surface area contributed by atoms with Gasteiger partial charge < -0.3 is 9.64 Å². The van der Waals surface area contributed by atoms with E-state index in [-0.39, 0.29) is 17.6 Å². The number of anilines is 1. The maximum atomic E-state index is 13.6. The quantitative estimate of drug-likeness (QED) is 0.413. The van der Waals surface area contributed by atoms with Crippen LogP contribution in [0.5, 0.6) is 0 Å². The molecule has 2 aromatic heterocycles. The van der Waals surface area contributed by atoms with Crippen molar-refractivity contribution in [1.29, 1.82) is 0 Å². The number of nitrogens with zero attached hydrogens (tertiary/aromatic N) is 4. The highest BCUT2D eigenvalue weighted by molar-refractivity contribution is 8.26. The standard InChI is InChI=1S/C24H30N4O3S2/c1-4-10-26(11-5-2)21-18(22(29)27-12-6-8-16(3)20(27)25-21)14-19-23(30)28(24(32)33-19)15-17-9-7-13-31-17/h6,8,12,14,17H,4-5,7,9-11,13,15H2,1-3H3. The van der Waals surface area contributed by atoms with Gasteiger partial charge in [-0.15, -0.1) is 0 Å². The fourth-order valence-electron chi connectivity index (χ4n) is 4.31. The van der Waals surface area contributed by atoms with Gasteiger partial charge in [0.25, 0.3) is 11.5 Å². The van der Waals surface area contributed by atoms with Gasteiger partial charge in [-0.2, -0.15) is 0 Å². The third kappa shape index (κ3) is 4.85. The molecule has 0 aliphatic carbocycles. The van der Waals surface area contributed by atoms with Crippen LogP contribution in [-0.2, 0) is 9.53 Å². The van der Waals surface area contributed by atoms with Gasteiger partial charge in [-0.25, -0.2) is 4.98 Å². The van der Waals surface area contributed by atoms with Gasteiger partial charge in [0.05, 0.1) is 23.1 Å². The van der Waals surface area contributed by atoms with Crippen LogP contribution < -0.4 is 10.5 Å². The minimum absolute atomic E-state index is 0.0166. The predicted molar refractivity (Wildman–Crippen MR) is 138 cm³/mol. The van der Waals surface area contributed by atoms with Gasteiger partial charge in [0, 0.05) is 25.9 Å². The maximum absolute atomic E-state index is 13.6. The third-order valence-corrected chi connectivity index (χ3v) is 7.29. The second kappa shape index (κ2) is 10.4. The molecule has 1 amide bonds. The first-order valence-electron chi connectivity index (χ1n) is 11.6. The summed E-state index contributed by atoms with van der Waals surface area (Å²) in [6.07, 6.45) is 7.22. The van der Waals surface area contributed by atoms with Crippen molar-refractivity contribution < 1.29 is 9.53 Å². The molecule has 1 unspecified atom stereocenters. The van der Waals surface area contributed by atoms with Crippen LogP contribution >= 0.6 is 24.0 Å². The van der Waals surface area contributed by atoms with E-state index in [1.165, 1.54) is 11.8 Å². The number of carbonyl (C=O) groups is 1. The third-order valence-electron chi connectivity index (χ3n) is 5.91. The van der Waals surface area contributed by atoms with E-state index >= 15 is 0 Å². The fourth-order valence-corrected chi connectivity index (χ4v) is 5.57. The van der Waals surface area contributed by atoms with Crippen LogP contribution in [0.3, 0.4) is 0 Å². The molecule has 4 heterocycles. The van der Waals surface area contributed by atoms with Gasteiger partial charge in [0.2, 0.25) is 0 Å². The number of aryl methyl sites for hydroxylation is 1. The highest BCUT2D eigenvalue weighted by atomic mass is 32.2. The molecule has 9 heteroatoms. The Morgan fingerprint density at radius 1 is 1.30 bits per heavy atom. The molecule has 2 saturated heterocycles. The van der Waals surface area contributed by atoms with E-state index in [2.05, 4.69) is 18.7 Å². The van der Waals surface area contributed by atoms with E-state index < -0.39 is 0 Å². The molecular formula is C24H30N4O3S2. The number of rotatable bonds is 8. The van der Waals surface area contributed by atoms with Crippen molar-refractivity contribution in [3.63, 3.8) is 0 Å². The average molecular weight is 487 g/mol.